The van der Waals surface area contributed by atoms with Crippen LogP contribution in [0.2, 0.25) is 0 Å². The molecule has 0 spiro atoms. The van der Waals surface area contributed by atoms with Crippen LogP contribution in [0, 0.1) is 6.92 Å². The van der Waals surface area contributed by atoms with Gasteiger partial charge in [-0.3, -0.25) is 9.79 Å². The summed E-state index contributed by atoms with van der Waals surface area (Å²) in [5.41, 5.74) is 0.879. The zero-order valence-corrected chi connectivity index (χ0v) is 16.3. The second-order valence-electron chi connectivity index (χ2n) is 4.38. The van der Waals surface area contributed by atoms with Crippen molar-refractivity contribution in [1.29, 1.82) is 0 Å². The maximum Gasteiger partial charge on any atom is 0.227 e. The fraction of sp³-hybridized carbons (Fsp3) is 0.500. The molecule has 0 aromatic carbocycles. The van der Waals surface area contributed by atoms with Crippen LogP contribution in [0.5, 0.6) is 0 Å². The first kappa shape index (κ1) is 21.0. The summed E-state index contributed by atoms with van der Waals surface area (Å²) in [6, 6.07) is 5.54. The minimum Gasteiger partial charge on any atom is -0.356 e. The first-order chi connectivity index (χ1) is 10.2. The number of guanidine groups is 1. The van der Waals surface area contributed by atoms with Crippen LogP contribution >= 0.6 is 35.7 Å². The summed E-state index contributed by atoms with van der Waals surface area (Å²) >= 11 is 1.77. The molecule has 6 nitrogen and oxygen atoms in total. The van der Waals surface area contributed by atoms with Crippen molar-refractivity contribution in [2.75, 3.05) is 37.5 Å². The van der Waals surface area contributed by atoms with E-state index in [4.69, 9.17) is 0 Å². The normalized spacial score (nSPS) is 10.6. The number of carbonyl (C=O) groups excluding carboxylic acids is 1. The second kappa shape index (κ2) is 12.5. The third-order valence-corrected chi connectivity index (χ3v) is 3.23. The Morgan fingerprint density at radius 3 is 2.68 bits per heavy atom. The highest BCUT2D eigenvalue weighted by Crippen LogP contribution is 2.03. The molecule has 0 aliphatic carbocycles. The quantitative estimate of drug-likeness (QED) is 0.263. The lowest BCUT2D eigenvalue weighted by atomic mass is 10.3. The molecule has 1 rings (SSSR count). The predicted molar refractivity (Wildman–Crippen MR) is 105 cm³/mol. The smallest absolute Gasteiger partial charge is 0.227 e. The lowest BCUT2D eigenvalue weighted by Gasteiger charge is -2.11. The number of aromatic nitrogens is 1. The van der Waals surface area contributed by atoms with E-state index < -0.39 is 0 Å². The van der Waals surface area contributed by atoms with Gasteiger partial charge in [-0.25, -0.2) is 4.98 Å². The molecule has 0 radical (unpaired) electrons. The van der Waals surface area contributed by atoms with Crippen molar-refractivity contribution in [2.24, 2.45) is 4.99 Å². The average Bonchev–Trinajstić information content (AvgIpc) is 2.45. The summed E-state index contributed by atoms with van der Waals surface area (Å²) in [6.45, 7) is 3.26. The van der Waals surface area contributed by atoms with Gasteiger partial charge in [0.1, 0.15) is 5.82 Å². The van der Waals surface area contributed by atoms with E-state index >= 15 is 0 Å². The fourth-order valence-corrected chi connectivity index (χ4v) is 1.91. The summed E-state index contributed by atoms with van der Waals surface area (Å²) in [4.78, 5) is 20.1. The number of rotatable bonds is 7. The number of aryl methyl sites for hydroxylation is 1. The summed E-state index contributed by atoms with van der Waals surface area (Å²) in [5.74, 6) is 2.24. The largest absolute Gasteiger partial charge is 0.356 e. The maximum absolute atomic E-state index is 11.8. The van der Waals surface area contributed by atoms with Gasteiger partial charge in [0.2, 0.25) is 5.91 Å². The number of pyridine rings is 1. The Morgan fingerprint density at radius 1 is 1.32 bits per heavy atom. The Labute approximate surface area is 153 Å². The van der Waals surface area contributed by atoms with Gasteiger partial charge in [0.05, 0.1) is 0 Å². The highest BCUT2D eigenvalue weighted by atomic mass is 127. The molecule has 1 amide bonds. The van der Waals surface area contributed by atoms with Crippen molar-refractivity contribution in [3.8, 4) is 0 Å². The first-order valence-electron chi connectivity index (χ1n) is 6.82. The molecule has 0 saturated carbocycles. The van der Waals surface area contributed by atoms with Gasteiger partial charge in [0, 0.05) is 38.0 Å². The molecule has 0 bridgehead atoms. The Balaban J connectivity index is 0.00000441. The van der Waals surface area contributed by atoms with E-state index in [1.165, 1.54) is 0 Å². The van der Waals surface area contributed by atoms with Crippen LogP contribution in [0.25, 0.3) is 0 Å². The highest BCUT2D eigenvalue weighted by Gasteiger charge is 2.04. The van der Waals surface area contributed by atoms with Crippen LogP contribution in [0.1, 0.15) is 12.1 Å². The lowest BCUT2D eigenvalue weighted by Crippen LogP contribution is -2.39. The number of aliphatic imine (C=N–C) groups is 1. The number of nitrogens with one attached hydrogen (secondary N) is 3. The van der Waals surface area contributed by atoms with Gasteiger partial charge in [-0.1, -0.05) is 6.07 Å². The van der Waals surface area contributed by atoms with Crippen molar-refractivity contribution in [3.05, 3.63) is 23.9 Å². The Kier molecular flexibility index (Phi) is 11.9. The van der Waals surface area contributed by atoms with Gasteiger partial charge in [-0.2, -0.15) is 11.8 Å². The van der Waals surface area contributed by atoms with Gasteiger partial charge in [-0.15, -0.1) is 24.0 Å². The van der Waals surface area contributed by atoms with E-state index in [-0.39, 0.29) is 29.9 Å². The molecule has 1 aromatic rings. The topological polar surface area (TPSA) is 78.4 Å². The summed E-state index contributed by atoms with van der Waals surface area (Å²) in [5, 5.41) is 9.05. The van der Waals surface area contributed by atoms with Gasteiger partial charge in [-0.05, 0) is 25.3 Å². The zero-order valence-electron chi connectivity index (χ0n) is 13.2. The molecular weight excluding hydrogens is 413 g/mol. The summed E-state index contributed by atoms with van der Waals surface area (Å²) < 4.78 is 0. The van der Waals surface area contributed by atoms with Crippen LogP contribution in [-0.4, -0.2) is 49.0 Å². The molecule has 1 aromatic heterocycles. The van der Waals surface area contributed by atoms with Crippen LogP contribution in [0.4, 0.5) is 5.82 Å². The number of amides is 1. The third-order valence-electron chi connectivity index (χ3n) is 2.62. The SMILES string of the molecule is CN=C(NCCSC)NCCC(=O)Nc1cccc(C)n1.I. The molecule has 0 saturated heterocycles. The standard InChI is InChI=1S/C14H23N5OS.HI/c1-11-5-4-6-12(18-11)19-13(20)7-8-16-14(15-2)17-9-10-21-3;/h4-6H,7-10H2,1-3H3,(H2,15,16,17)(H,18,19,20);1H. The predicted octanol–water partition coefficient (Wildman–Crippen LogP) is 1.86. The molecule has 0 aliphatic rings. The lowest BCUT2D eigenvalue weighted by molar-refractivity contribution is -0.116. The van der Waals surface area contributed by atoms with Gasteiger partial charge < -0.3 is 16.0 Å². The summed E-state index contributed by atoms with van der Waals surface area (Å²) in [6.07, 6.45) is 2.42. The molecule has 0 unspecified atom stereocenters. The molecule has 1 heterocycles. The summed E-state index contributed by atoms with van der Waals surface area (Å²) in [7, 11) is 1.71. The second-order valence-corrected chi connectivity index (χ2v) is 5.37. The van der Waals surface area contributed by atoms with E-state index in [0.29, 0.717) is 24.7 Å². The number of nitrogens with zero attached hydrogens (tertiary/aromatic N) is 2. The van der Waals surface area contributed by atoms with E-state index in [2.05, 4.69) is 32.2 Å². The van der Waals surface area contributed by atoms with Gasteiger partial charge >= 0.3 is 0 Å². The van der Waals surface area contributed by atoms with Crippen molar-refractivity contribution in [3.63, 3.8) is 0 Å². The monoisotopic (exact) mass is 437 g/mol. The number of hydrogen-bond donors (Lipinski definition) is 3. The number of anilines is 1. The van der Waals surface area contributed by atoms with Crippen molar-refractivity contribution in [2.45, 2.75) is 13.3 Å². The molecule has 0 aliphatic heterocycles. The van der Waals surface area contributed by atoms with Gasteiger partial charge in [0.25, 0.3) is 0 Å². The minimum absolute atomic E-state index is 0. The fourth-order valence-electron chi connectivity index (χ4n) is 1.60. The third kappa shape index (κ3) is 9.08. The van der Waals surface area contributed by atoms with Crippen molar-refractivity contribution < 1.29 is 4.79 Å². The first-order valence-corrected chi connectivity index (χ1v) is 8.22. The molecule has 3 N–H and O–H groups in total. The number of thioether (sulfide) groups is 1. The molecule has 8 heteroatoms. The van der Waals surface area contributed by atoms with Crippen LogP contribution < -0.4 is 16.0 Å². The molecular formula is C14H24IN5OS. The van der Waals surface area contributed by atoms with Gasteiger partial charge in [0.15, 0.2) is 5.96 Å². The molecule has 0 atom stereocenters. The van der Waals surface area contributed by atoms with Crippen molar-refractivity contribution in [1.82, 2.24) is 15.6 Å². The Bertz CT molecular complexity index is 484. The number of carbonyl (C=O) groups is 1. The maximum atomic E-state index is 11.8. The average molecular weight is 437 g/mol. The highest BCUT2D eigenvalue weighted by molar-refractivity contribution is 14.0. The zero-order chi connectivity index (χ0) is 15.5. The molecule has 0 fully saturated rings. The van der Waals surface area contributed by atoms with E-state index in [0.717, 1.165) is 18.0 Å². The van der Waals surface area contributed by atoms with E-state index in [1.807, 2.05) is 19.1 Å². The molecule has 22 heavy (non-hydrogen) atoms. The van der Waals surface area contributed by atoms with Crippen LogP contribution in [-0.2, 0) is 4.79 Å². The van der Waals surface area contributed by atoms with Crippen LogP contribution in [0.3, 0.4) is 0 Å². The molecule has 124 valence electrons. The van der Waals surface area contributed by atoms with Crippen molar-refractivity contribution >= 4 is 53.4 Å². The minimum atomic E-state index is -0.0693. The Morgan fingerprint density at radius 2 is 2.05 bits per heavy atom. The van der Waals surface area contributed by atoms with E-state index in [1.54, 1.807) is 24.9 Å². The van der Waals surface area contributed by atoms with Crippen LogP contribution in [0.15, 0.2) is 23.2 Å². The number of halogens is 1. The Hall–Kier alpha value is -1.03. The van der Waals surface area contributed by atoms with E-state index in [9.17, 15) is 4.79 Å². The number of hydrogen-bond acceptors (Lipinski definition) is 4.